The minimum atomic E-state index is -0.0694. The van der Waals surface area contributed by atoms with E-state index in [0.717, 1.165) is 49.6 Å². The molecular formula is C23H35ClIN5O2. The molecule has 0 amide bonds. The Morgan fingerprint density at radius 3 is 2.62 bits per heavy atom. The number of guanidine groups is 1. The smallest absolute Gasteiger partial charge is 0.216 e. The fraction of sp³-hybridized carbons (Fsp3) is 0.565. The fourth-order valence-corrected chi connectivity index (χ4v) is 3.67. The molecule has 1 aliphatic rings. The van der Waals surface area contributed by atoms with Gasteiger partial charge < -0.3 is 19.8 Å². The highest BCUT2D eigenvalue weighted by atomic mass is 127. The lowest BCUT2D eigenvalue weighted by molar-refractivity contribution is 0.0170. The van der Waals surface area contributed by atoms with Crippen molar-refractivity contribution >= 4 is 41.5 Å². The van der Waals surface area contributed by atoms with Crippen molar-refractivity contribution in [1.29, 1.82) is 0 Å². The number of halogens is 2. The van der Waals surface area contributed by atoms with Gasteiger partial charge in [0.25, 0.3) is 0 Å². The second-order valence-electron chi connectivity index (χ2n) is 8.66. The maximum Gasteiger partial charge on any atom is 0.216 e. The lowest BCUT2D eigenvalue weighted by Gasteiger charge is -2.35. The number of nitrogens with one attached hydrogen (secondary N) is 2. The van der Waals surface area contributed by atoms with Gasteiger partial charge in [0, 0.05) is 36.6 Å². The topological polar surface area (TPSA) is 74.9 Å². The third-order valence-electron chi connectivity index (χ3n) is 5.19. The van der Waals surface area contributed by atoms with E-state index in [0.29, 0.717) is 19.0 Å². The molecule has 2 heterocycles. The Bertz CT molecular complexity index is 862. The summed E-state index contributed by atoms with van der Waals surface area (Å²) in [5.41, 5.74) is 1.11. The van der Waals surface area contributed by atoms with Gasteiger partial charge in [-0.2, -0.15) is 0 Å². The Balaban J connectivity index is 0.00000363. The Morgan fingerprint density at radius 2 is 2.00 bits per heavy atom. The average Bonchev–Trinajstić information content (AvgIpc) is 3.23. The molecule has 1 unspecified atom stereocenters. The van der Waals surface area contributed by atoms with Crippen molar-refractivity contribution in [1.82, 2.24) is 20.5 Å². The minimum absolute atomic E-state index is 0. The van der Waals surface area contributed by atoms with Crippen LogP contribution in [-0.2, 0) is 16.7 Å². The van der Waals surface area contributed by atoms with Crippen LogP contribution in [0.25, 0.3) is 0 Å². The molecule has 1 atom stereocenters. The van der Waals surface area contributed by atoms with Crippen molar-refractivity contribution < 1.29 is 9.15 Å². The number of rotatable bonds is 7. The second kappa shape index (κ2) is 12.8. The molecule has 178 valence electrons. The van der Waals surface area contributed by atoms with Crippen LogP contribution in [-0.4, -0.2) is 55.2 Å². The van der Waals surface area contributed by atoms with Crippen LogP contribution in [0, 0.1) is 0 Å². The lowest BCUT2D eigenvalue weighted by atomic mass is 9.94. The first-order valence-electron chi connectivity index (χ1n) is 10.9. The Morgan fingerprint density at radius 1 is 1.25 bits per heavy atom. The molecule has 1 fully saturated rings. The van der Waals surface area contributed by atoms with Crippen molar-refractivity contribution in [2.75, 3.05) is 39.4 Å². The summed E-state index contributed by atoms with van der Waals surface area (Å²) < 4.78 is 11.4. The largest absolute Gasteiger partial charge is 0.443 e. The summed E-state index contributed by atoms with van der Waals surface area (Å²) in [6, 6.07) is 8.23. The molecule has 7 nitrogen and oxygen atoms in total. The van der Waals surface area contributed by atoms with Crippen LogP contribution in [0.1, 0.15) is 51.0 Å². The zero-order chi connectivity index (χ0) is 22.3. The first kappa shape index (κ1) is 26.9. The summed E-state index contributed by atoms with van der Waals surface area (Å²) in [4.78, 5) is 11.5. The Labute approximate surface area is 213 Å². The third kappa shape index (κ3) is 7.90. The van der Waals surface area contributed by atoms with E-state index in [4.69, 9.17) is 20.8 Å². The average molecular weight is 576 g/mol. The molecular weight excluding hydrogens is 541 g/mol. The van der Waals surface area contributed by atoms with Crippen molar-refractivity contribution in [3.63, 3.8) is 0 Å². The van der Waals surface area contributed by atoms with Gasteiger partial charge >= 0.3 is 0 Å². The van der Waals surface area contributed by atoms with Gasteiger partial charge in [0.05, 0.1) is 25.5 Å². The van der Waals surface area contributed by atoms with Crippen LogP contribution in [0.5, 0.6) is 0 Å². The Hall–Kier alpha value is -1.36. The third-order valence-corrected chi connectivity index (χ3v) is 5.43. The number of ether oxygens (including phenoxy) is 1. The summed E-state index contributed by atoms with van der Waals surface area (Å²) in [7, 11) is 0. The van der Waals surface area contributed by atoms with Crippen molar-refractivity contribution in [2.45, 2.75) is 45.7 Å². The van der Waals surface area contributed by atoms with E-state index in [1.54, 1.807) is 6.20 Å². The molecule has 2 N–H and O–H groups in total. The first-order chi connectivity index (χ1) is 14.9. The number of oxazole rings is 1. The molecule has 1 saturated heterocycles. The van der Waals surface area contributed by atoms with Gasteiger partial charge in [-0.05, 0) is 24.6 Å². The fourth-order valence-electron chi connectivity index (χ4n) is 3.47. The molecule has 2 aromatic rings. The van der Waals surface area contributed by atoms with Crippen LogP contribution in [0.4, 0.5) is 0 Å². The van der Waals surface area contributed by atoms with Crippen LogP contribution in [0.15, 0.2) is 39.9 Å². The molecule has 1 aromatic carbocycles. The molecule has 0 saturated carbocycles. The van der Waals surface area contributed by atoms with E-state index >= 15 is 0 Å². The summed E-state index contributed by atoms with van der Waals surface area (Å²) in [5.74, 6) is 2.21. The molecule has 0 bridgehead atoms. The summed E-state index contributed by atoms with van der Waals surface area (Å²) in [5, 5.41) is 7.54. The molecule has 32 heavy (non-hydrogen) atoms. The highest BCUT2D eigenvalue weighted by molar-refractivity contribution is 14.0. The number of benzene rings is 1. The predicted octanol–water partition coefficient (Wildman–Crippen LogP) is 4.37. The highest BCUT2D eigenvalue weighted by Gasteiger charge is 2.23. The predicted molar refractivity (Wildman–Crippen MR) is 140 cm³/mol. The lowest BCUT2D eigenvalue weighted by Crippen LogP contribution is -2.46. The van der Waals surface area contributed by atoms with Gasteiger partial charge in [0.15, 0.2) is 5.96 Å². The Kier molecular flexibility index (Phi) is 10.7. The van der Waals surface area contributed by atoms with Gasteiger partial charge in [0.2, 0.25) is 5.89 Å². The SMILES string of the molecule is CCNC(=NCc1ncc(C(C)(C)C)o1)NCC(c1cccc(Cl)c1)N1CCOCC1.I. The van der Waals surface area contributed by atoms with Crippen LogP contribution < -0.4 is 10.6 Å². The molecule has 0 radical (unpaired) electrons. The van der Waals surface area contributed by atoms with Crippen LogP contribution in [0.2, 0.25) is 5.02 Å². The molecule has 9 heteroatoms. The van der Waals surface area contributed by atoms with Gasteiger partial charge in [-0.25, -0.2) is 9.98 Å². The zero-order valence-corrected chi connectivity index (χ0v) is 22.4. The highest BCUT2D eigenvalue weighted by Crippen LogP contribution is 2.24. The maximum atomic E-state index is 6.27. The van der Waals surface area contributed by atoms with E-state index < -0.39 is 0 Å². The second-order valence-corrected chi connectivity index (χ2v) is 9.10. The number of hydrogen-bond donors (Lipinski definition) is 2. The number of hydrogen-bond acceptors (Lipinski definition) is 5. The molecule has 0 aliphatic carbocycles. The molecule has 0 spiro atoms. The number of morpholine rings is 1. The maximum absolute atomic E-state index is 6.27. The number of nitrogens with zero attached hydrogens (tertiary/aromatic N) is 3. The standard InChI is InChI=1S/C23H34ClN5O2.HI/c1-5-25-22(28-16-21-26-15-20(31-21)23(2,3)4)27-14-19(29-9-11-30-12-10-29)17-7-6-8-18(24)13-17;/h6-8,13,15,19H,5,9-12,14,16H2,1-4H3,(H2,25,27,28);1H. The normalized spacial score (nSPS) is 16.3. The van der Waals surface area contributed by atoms with Crippen LogP contribution >= 0.6 is 35.6 Å². The first-order valence-corrected chi connectivity index (χ1v) is 11.3. The summed E-state index contributed by atoms with van der Waals surface area (Å²) in [6.07, 6.45) is 1.79. The molecule has 3 rings (SSSR count). The van der Waals surface area contributed by atoms with Crippen LogP contribution in [0.3, 0.4) is 0 Å². The van der Waals surface area contributed by atoms with Crippen molar-refractivity contribution in [3.8, 4) is 0 Å². The quantitative estimate of drug-likeness (QED) is 0.290. The minimum Gasteiger partial charge on any atom is -0.443 e. The molecule has 1 aliphatic heterocycles. The van der Waals surface area contributed by atoms with Gasteiger partial charge in [-0.1, -0.05) is 44.5 Å². The van der Waals surface area contributed by atoms with E-state index in [2.05, 4.69) is 59.3 Å². The van der Waals surface area contributed by atoms with Crippen molar-refractivity contribution in [2.24, 2.45) is 4.99 Å². The van der Waals surface area contributed by atoms with E-state index in [-0.39, 0.29) is 35.4 Å². The molecule has 1 aromatic heterocycles. The zero-order valence-electron chi connectivity index (χ0n) is 19.4. The summed E-state index contributed by atoms with van der Waals surface area (Å²) in [6.45, 7) is 13.5. The number of aromatic nitrogens is 1. The van der Waals surface area contributed by atoms with Crippen molar-refractivity contribution in [3.05, 3.63) is 52.7 Å². The van der Waals surface area contributed by atoms with Gasteiger partial charge in [-0.15, -0.1) is 24.0 Å². The van der Waals surface area contributed by atoms with Gasteiger partial charge in [0.1, 0.15) is 12.3 Å². The number of aliphatic imine (C=N–C) groups is 1. The van der Waals surface area contributed by atoms with E-state index in [9.17, 15) is 0 Å². The van der Waals surface area contributed by atoms with Gasteiger partial charge in [-0.3, -0.25) is 4.90 Å². The summed E-state index contributed by atoms with van der Waals surface area (Å²) >= 11 is 6.27. The monoisotopic (exact) mass is 575 g/mol. The van der Waals surface area contributed by atoms with E-state index in [1.807, 2.05) is 18.2 Å². The van der Waals surface area contributed by atoms with E-state index in [1.165, 1.54) is 5.56 Å².